The Kier molecular flexibility index (Phi) is 6.56. The van der Waals surface area contributed by atoms with Crippen LogP contribution in [0.25, 0.3) is 0 Å². The Balaban J connectivity index is 1.50. The predicted octanol–water partition coefficient (Wildman–Crippen LogP) is 1.63. The number of piperazine rings is 1. The highest BCUT2D eigenvalue weighted by Gasteiger charge is 2.32. The van der Waals surface area contributed by atoms with Crippen LogP contribution >= 0.6 is 11.8 Å². The summed E-state index contributed by atoms with van der Waals surface area (Å²) in [5.74, 6) is 0.139. The molecule has 2 aliphatic rings. The standard InChI is InChI=1S/C19H28N4O2S/c1-14(26-18-5-3-16(4-6-18)21-15(2)24)19(25)23-10-7-17(13-23)22-11-8-20-9-12-22/h3-6,14,17,20H,7-13H2,1-2H3,(H,21,24). The summed E-state index contributed by atoms with van der Waals surface area (Å²) in [6.07, 6.45) is 1.08. The summed E-state index contributed by atoms with van der Waals surface area (Å²) >= 11 is 1.58. The second kappa shape index (κ2) is 8.88. The van der Waals surface area contributed by atoms with Crippen LogP contribution in [0.3, 0.4) is 0 Å². The number of thioether (sulfide) groups is 1. The normalized spacial score (nSPS) is 22.2. The van der Waals surface area contributed by atoms with Gasteiger partial charge in [-0.3, -0.25) is 14.5 Å². The first-order chi connectivity index (χ1) is 12.5. The quantitative estimate of drug-likeness (QED) is 0.765. The summed E-state index contributed by atoms with van der Waals surface area (Å²) in [6.45, 7) is 9.44. The van der Waals surface area contributed by atoms with Crippen molar-refractivity contribution >= 4 is 29.3 Å². The van der Waals surface area contributed by atoms with Crippen LogP contribution in [0.15, 0.2) is 29.2 Å². The van der Waals surface area contributed by atoms with Gasteiger partial charge in [-0.2, -0.15) is 0 Å². The van der Waals surface area contributed by atoms with Crippen LogP contribution in [-0.4, -0.2) is 72.2 Å². The first-order valence-electron chi connectivity index (χ1n) is 9.31. The smallest absolute Gasteiger partial charge is 0.235 e. The Morgan fingerprint density at radius 2 is 1.88 bits per heavy atom. The number of hydrogen-bond donors (Lipinski definition) is 2. The number of carbonyl (C=O) groups is 2. The van der Waals surface area contributed by atoms with Crippen LogP contribution in [0.4, 0.5) is 5.69 Å². The molecular weight excluding hydrogens is 348 g/mol. The zero-order valence-electron chi connectivity index (χ0n) is 15.5. The molecule has 26 heavy (non-hydrogen) atoms. The van der Waals surface area contributed by atoms with Gasteiger partial charge in [0.25, 0.3) is 0 Å². The van der Waals surface area contributed by atoms with Gasteiger partial charge in [0.2, 0.25) is 11.8 Å². The molecule has 2 amide bonds. The van der Waals surface area contributed by atoms with E-state index in [0.717, 1.165) is 56.3 Å². The highest BCUT2D eigenvalue weighted by Crippen LogP contribution is 2.27. The Morgan fingerprint density at radius 1 is 1.19 bits per heavy atom. The zero-order chi connectivity index (χ0) is 18.5. The maximum Gasteiger partial charge on any atom is 0.235 e. The molecule has 2 N–H and O–H groups in total. The Bertz CT molecular complexity index is 631. The first-order valence-corrected chi connectivity index (χ1v) is 10.2. The van der Waals surface area contributed by atoms with Crippen molar-refractivity contribution in [2.24, 2.45) is 0 Å². The molecule has 0 radical (unpaired) electrons. The molecule has 2 saturated heterocycles. The molecule has 0 spiro atoms. The van der Waals surface area contributed by atoms with Gasteiger partial charge in [-0.25, -0.2) is 0 Å². The molecule has 142 valence electrons. The van der Waals surface area contributed by atoms with E-state index >= 15 is 0 Å². The maximum absolute atomic E-state index is 12.8. The van der Waals surface area contributed by atoms with Crippen LogP contribution in [-0.2, 0) is 9.59 Å². The van der Waals surface area contributed by atoms with Crippen molar-refractivity contribution in [2.75, 3.05) is 44.6 Å². The van der Waals surface area contributed by atoms with Crippen molar-refractivity contribution in [3.63, 3.8) is 0 Å². The monoisotopic (exact) mass is 376 g/mol. The summed E-state index contributed by atoms with van der Waals surface area (Å²) < 4.78 is 0. The molecule has 2 heterocycles. The van der Waals surface area contributed by atoms with E-state index in [0.29, 0.717) is 6.04 Å². The van der Waals surface area contributed by atoms with E-state index in [-0.39, 0.29) is 17.1 Å². The highest BCUT2D eigenvalue weighted by atomic mass is 32.2. The summed E-state index contributed by atoms with van der Waals surface area (Å²) in [7, 11) is 0. The molecule has 3 rings (SSSR count). The van der Waals surface area contributed by atoms with Crippen molar-refractivity contribution in [3.05, 3.63) is 24.3 Å². The zero-order valence-corrected chi connectivity index (χ0v) is 16.3. The van der Waals surface area contributed by atoms with Gasteiger partial charge in [0.05, 0.1) is 5.25 Å². The molecule has 0 bridgehead atoms. The number of benzene rings is 1. The van der Waals surface area contributed by atoms with E-state index in [1.165, 1.54) is 6.92 Å². The lowest BCUT2D eigenvalue weighted by Crippen LogP contribution is -2.49. The molecular formula is C19H28N4O2S. The Labute approximate surface area is 159 Å². The molecule has 2 unspecified atom stereocenters. The Hall–Kier alpha value is -1.57. The molecule has 0 saturated carbocycles. The van der Waals surface area contributed by atoms with Crippen LogP contribution in [0, 0.1) is 0 Å². The van der Waals surface area contributed by atoms with Crippen LogP contribution in [0.2, 0.25) is 0 Å². The molecule has 0 aromatic heterocycles. The Morgan fingerprint density at radius 3 is 2.54 bits per heavy atom. The van der Waals surface area contributed by atoms with E-state index in [4.69, 9.17) is 0 Å². The number of likely N-dealkylation sites (tertiary alicyclic amines) is 1. The van der Waals surface area contributed by atoms with E-state index < -0.39 is 0 Å². The highest BCUT2D eigenvalue weighted by molar-refractivity contribution is 8.00. The molecule has 1 aromatic carbocycles. The molecule has 0 aliphatic carbocycles. The van der Waals surface area contributed by atoms with Gasteiger partial charge >= 0.3 is 0 Å². The minimum atomic E-state index is -0.108. The lowest BCUT2D eigenvalue weighted by Gasteiger charge is -2.32. The average Bonchev–Trinajstić information content (AvgIpc) is 3.13. The molecule has 6 nitrogen and oxygen atoms in total. The largest absolute Gasteiger partial charge is 0.340 e. The maximum atomic E-state index is 12.8. The van der Waals surface area contributed by atoms with Crippen LogP contribution in [0.5, 0.6) is 0 Å². The molecule has 1 aromatic rings. The van der Waals surface area contributed by atoms with E-state index in [1.807, 2.05) is 36.1 Å². The van der Waals surface area contributed by atoms with Crippen molar-refractivity contribution < 1.29 is 9.59 Å². The molecule has 7 heteroatoms. The minimum Gasteiger partial charge on any atom is -0.340 e. The van der Waals surface area contributed by atoms with Gasteiger partial charge in [-0.05, 0) is 37.6 Å². The van der Waals surface area contributed by atoms with Gasteiger partial charge in [0, 0.05) is 62.8 Å². The number of nitrogens with zero attached hydrogens (tertiary/aromatic N) is 2. The SMILES string of the molecule is CC(=O)Nc1ccc(SC(C)C(=O)N2CCC(N3CCNCC3)C2)cc1. The summed E-state index contributed by atoms with van der Waals surface area (Å²) in [6, 6.07) is 8.16. The third kappa shape index (κ3) is 4.99. The fourth-order valence-electron chi connectivity index (χ4n) is 3.62. The predicted molar refractivity (Wildman–Crippen MR) is 105 cm³/mol. The minimum absolute atomic E-state index is 0.0815. The molecule has 2 aliphatic heterocycles. The van der Waals surface area contributed by atoms with Crippen molar-refractivity contribution in [3.8, 4) is 0 Å². The fraction of sp³-hybridized carbons (Fsp3) is 0.579. The van der Waals surface area contributed by atoms with E-state index in [1.54, 1.807) is 11.8 Å². The van der Waals surface area contributed by atoms with Gasteiger partial charge in [-0.1, -0.05) is 0 Å². The summed E-state index contributed by atoms with van der Waals surface area (Å²) in [5.41, 5.74) is 0.777. The third-order valence-corrected chi connectivity index (χ3v) is 6.08. The van der Waals surface area contributed by atoms with E-state index in [2.05, 4.69) is 15.5 Å². The molecule has 2 atom stereocenters. The number of carbonyl (C=O) groups excluding carboxylic acids is 2. The van der Waals surface area contributed by atoms with Crippen LogP contribution < -0.4 is 10.6 Å². The lowest BCUT2D eigenvalue weighted by atomic mass is 10.2. The van der Waals surface area contributed by atoms with Crippen molar-refractivity contribution in [2.45, 2.75) is 36.5 Å². The fourth-order valence-corrected chi connectivity index (χ4v) is 4.57. The third-order valence-electron chi connectivity index (χ3n) is 4.98. The number of rotatable bonds is 5. The second-order valence-corrected chi connectivity index (χ2v) is 8.39. The first kappa shape index (κ1) is 19.2. The number of anilines is 1. The average molecular weight is 377 g/mol. The van der Waals surface area contributed by atoms with Crippen molar-refractivity contribution in [1.82, 2.24) is 15.1 Å². The van der Waals surface area contributed by atoms with E-state index in [9.17, 15) is 9.59 Å². The molecule has 2 fully saturated rings. The number of nitrogens with one attached hydrogen (secondary N) is 2. The van der Waals surface area contributed by atoms with Gasteiger partial charge in [0.15, 0.2) is 0 Å². The van der Waals surface area contributed by atoms with Gasteiger partial charge < -0.3 is 15.5 Å². The topological polar surface area (TPSA) is 64.7 Å². The van der Waals surface area contributed by atoms with Gasteiger partial charge in [-0.15, -0.1) is 11.8 Å². The summed E-state index contributed by atoms with van der Waals surface area (Å²) in [4.78, 5) is 29.5. The summed E-state index contributed by atoms with van der Waals surface area (Å²) in [5, 5.41) is 6.03. The number of hydrogen-bond acceptors (Lipinski definition) is 5. The van der Waals surface area contributed by atoms with Gasteiger partial charge in [0.1, 0.15) is 0 Å². The van der Waals surface area contributed by atoms with Crippen LogP contribution in [0.1, 0.15) is 20.3 Å². The second-order valence-electron chi connectivity index (χ2n) is 6.98. The number of amides is 2. The lowest BCUT2D eigenvalue weighted by molar-refractivity contribution is -0.129. The van der Waals surface area contributed by atoms with Crippen molar-refractivity contribution in [1.29, 1.82) is 0 Å².